The van der Waals surface area contributed by atoms with Crippen LogP contribution in [0.15, 0.2) is 58.3 Å². The summed E-state index contributed by atoms with van der Waals surface area (Å²) in [5.74, 6) is 0. The van der Waals surface area contributed by atoms with Gasteiger partial charge in [0.25, 0.3) is 5.69 Å². The molecule has 0 heterocycles. The molecule has 0 saturated carbocycles. The summed E-state index contributed by atoms with van der Waals surface area (Å²) in [6, 6.07) is 14.1. The zero-order valence-corrected chi connectivity index (χ0v) is 10.1. The number of hydrogen-bond donors (Lipinski definition) is 0. The highest BCUT2D eigenvalue weighted by molar-refractivity contribution is 7.99. The fourth-order valence-electron chi connectivity index (χ4n) is 1.47. The van der Waals surface area contributed by atoms with Crippen molar-refractivity contribution in [3.8, 4) is 0 Å². The number of benzene rings is 2. The third kappa shape index (κ3) is 2.75. The summed E-state index contributed by atoms with van der Waals surface area (Å²) in [6.07, 6.45) is 0.495. The van der Waals surface area contributed by atoms with Gasteiger partial charge in [-0.2, -0.15) is 0 Å². The third-order valence-electron chi connectivity index (χ3n) is 2.30. The van der Waals surface area contributed by atoms with E-state index in [9.17, 15) is 14.9 Å². The largest absolute Gasteiger partial charge is 0.298 e. The highest BCUT2D eigenvalue weighted by Crippen LogP contribution is 2.31. The lowest BCUT2D eigenvalue weighted by Gasteiger charge is -2.02. The summed E-state index contributed by atoms with van der Waals surface area (Å²) in [5, 5.41) is 10.8. The molecule has 90 valence electrons. The van der Waals surface area contributed by atoms with Crippen LogP contribution < -0.4 is 0 Å². The lowest BCUT2D eigenvalue weighted by Crippen LogP contribution is -1.94. The molecule has 0 aromatic heterocycles. The standard InChI is InChI=1S/C13H9NO3S/c15-9-10-6-7-12(8-13(10)14(16)17)18-11-4-2-1-3-5-11/h1-9H. The van der Waals surface area contributed by atoms with Crippen LogP contribution in [0.4, 0.5) is 5.69 Å². The molecule has 0 aliphatic carbocycles. The number of nitro groups is 1. The lowest BCUT2D eigenvalue weighted by atomic mass is 10.2. The Morgan fingerprint density at radius 1 is 1.06 bits per heavy atom. The molecule has 18 heavy (non-hydrogen) atoms. The molecule has 0 N–H and O–H groups in total. The number of rotatable bonds is 4. The van der Waals surface area contributed by atoms with Gasteiger partial charge in [-0.3, -0.25) is 14.9 Å². The van der Waals surface area contributed by atoms with Gasteiger partial charge in [0, 0.05) is 15.9 Å². The molecule has 0 spiro atoms. The first-order chi connectivity index (χ1) is 8.70. The fourth-order valence-corrected chi connectivity index (χ4v) is 2.34. The molecule has 0 aliphatic rings. The maximum Gasteiger partial charge on any atom is 0.281 e. The van der Waals surface area contributed by atoms with Gasteiger partial charge < -0.3 is 0 Å². The molecule has 2 rings (SSSR count). The fraction of sp³-hybridized carbons (Fsp3) is 0. The smallest absolute Gasteiger partial charge is 0.281 e. The van der Waals surface area contributed by atoms with Crippen LogP contribution in [0.25, 0.3) is 0 Å². The van der Waals surface area contributed by atoms with Crippen LogP contribution in [0.2, 0.25) is 0 Å². The predicted molar refractivity (Wildman–Crippen MR) is 69.0 cm³/mol. The number of nitro benzene ring substituents is 1. The average Bonchev–Trinajstić information content (AvgIpc) is 2.40. The van der Waals surface area contributed by atoms with Crippen molar-refractivity contribution in [2.75, 3.05) is 0 Å². The zero-order valence-electron chi connectivity index (χ0n) is 9.28. The maximum atomic E-state index is 10.8. The molecular weight excluding hydrogens is 250 g/mol. The molecular formula is C13H9NO3S. The van der Waals surface area contributed by atoms with Crippen molar-refractivity contribution in [3.63, 3.8) is 0 Å². The molecule has 2 aromatic rings. The molecule has 0 bridgehead atoms. The summed E-state index contributed by atoms with van der Waals surface area (Å²) in [5.41, 5.74) is -0.0663. The maximum absolute atomic E-state index is 10.8. The molecule has 0 unspecified atom stereocenters. The normalized spacial score (nSPS) is 10.0. The minimum absolute atomic E-state index is 0.0948. The minimum atomic E-state index is -0.543. The SMILES string of the molecule is O=Cc1ccc(Sc2ccccc2)cc1[N+](=O)[O-]. The molecule has 4 nitrogen and oxygen atoms in total. The second kappa shape index (κ2) is 5.46. The second-order valence-electron chi connectivity index (χ2n) is 3.51. The first-order valence-electron chi connectivity index (χ1n) is 5.17. The Balaban J connectivity index is 2.33. The Morgan fingerprint density at radius 2 is 1.78 bits per heavy atom. The average molecular weight is 259 g/mol. The van der Waals surface area contributed by atoms with Crippen LogP contribution in [-0.4, -0.2) is 11.2 Å². The van der Waals surface area contributed by atoms with E-state index in [0.717, 1.165) is 9.79 Å². The molecule has 0 fully saturated rings. The third-order valence-corrected chi connectivity index (χ3v) is 3.30. The molecule has 0 atom stereocenters. The van der Waals surface area contributed by atoms with Gasteiger partial charge in [-0.1, -0.05) is 30.0 Å². The van der Waals surface area contributed by atoms with E-state index in [-0.39, 0.29) is 11.3 Å². The van der Waals surface area contributed by atoms with E-state index < -0.39 is 4.92 Å². The highest BCUT2D eigenvalue weighted by atomic mass is 32.2. The lowest BCUT2D eigenvalue weighted by molar-refractivity contribution is -0.385. The summed E-state index contributed by atoms with van der Waals surface area (Å²) in [7, 11) is 0. The molecule has 0 radical (unpaired) electrons. The molecule has 0 saturated heterocycles. The van der Waals surface area contributed by atoms with Crippen molar-refractivity contribution in [2.45, 2.75) is 9.79 Å². The quantitative estimate of drug-likeness (QED) is 0.478. The monoisotopic (exact) mass is 259 g/mol. The number of carbonyl (C=O) groups excluding carboxylic acids is 1. The Hall–Kier alpha value is -2.14. The number of hydrogen-bond acceptors (Lipinski definition) is 4. The van der Waals surface area contributed by atoms with E-state index in [4.69, 9.17) is 0 Å². The molecule has 0 aliphatic heterocycles. The van der Waals surface area contributed by atoms with Gasteiger partial charge in [-0.05, 0) is 24.3 Å². The van der Waals surface area contributed by atoms with Crippen LogP contribution in [0.1, 0.15) is 10.4 Å². The van der Waals surface area contributed by atoms with E-state index in [1.807, 2.05) is 30.3 Å². The number of nitrogens with zero attached hydrogens (tertiary/aromatic N) is 1. The Bertz CT molecular complexity index is 584. The van der Waals surface area contributed by atoms with Gasteiger partial charge in [0.2, 0.25) is 0 Å². The Labute approximate surface area is 108 Å². The van der Waals surface area contributed by atoms with Gasteiger partial charge in [0.15, 0.2) is 6.29 Å². The topological polar surface area (TPSA) is 60.2 Å². The van der Waals surface area contributed by atoms with Gasteiger partial charge in [-0.25, -0.2) is 0 Å². The first-order valence-corrected chi connectivity index (χ1v) is 5.99. The van der Waals surface area contributed by atoms with Crippen molar-refractivity contribution in [2.24, 2.45) is 0 Å². The Kier molecular flexibility index (Phi) is 3.74. The van der Waals surface area contributed by atoms with E-state index in [1.54, 1.807) is 6.07 Å². The van der Waals surface area contributed by atoms with Crippen molar-refractivity contribution in [3.05, 3.63) is 64.2 Å². The minimum Gasteiger partial charge on any atom is -0.298 e. The summed E-state index contributed by atoms with van der Waals surface area (Å²) in [4.78, 5) is 22.7. The van der Waals surface area contributed by atoms with E-state index in [1.165, 1.54) is 23.9 Å². The van der Waals surface area contributed by atoms with E-state index >= 15 is 0 Å². The summed E-state index contributed by atoms with van der Waals surface area (Å²) in [6.45, 7) is 0. The van der Waals surface area contributed by atoms with Gasteiger partial charge in [0.05, 0.1) is 10.5 Å². The Morgan fingerprint density at radius 3 is 2.39 bits per heavy atom. The van der Waals surface area contributed by atoms with Crippen LogP contribution >= 0.6 is 11.8 Å². The van der Waals surface area contributed by atoms with Crippen LogP contribution in [-0.2, 0) is 0 Å². The first kappa shape index (κ1) is 12.3. The molecule has 2 aromatic carbocycles. The van der Waals surface area contributed by atoms with Gasteiger partial charge in [-0.15, -0.1) is 0 Å². The summed E-state index contributed by atoms with van der Waals surface area (Å²) < 4.78 is 0. The van der Waals surface area contributed by atoms with Crippen LogP contribution in [0, 0.1) is 10.1 Å². The van der Waals surface area contributed by atoms with E-state index in [2.05, 4.69) is 0 Å². The van der Waals surface area contributed by atoms with Crippen molar-refractivity contribution in [1.82, 2.24) is 0 Å². The van der Waals surface area contributed by atoms with Crippen molar-refractivity contribution >= 4 is 23.7 Å². The van der Waals surface area contributed by atoms with Crippen molar-refractivity contribution < 1.29 is 9.72 Å². The van der Waals surface area contributed by atoms with Crippen LogP contribution in [0.3, 0.4) is 0 Å². The number of carbonyl (C=O) groups is 1. The zero-order chi connectivity index (χ0) is 13.0. The van der Waals surface area contributed by atoms with Gasteiger partial charge in [0.1, 0.15) is 0 Å². The van der Waals surface area contributed by atoms with Gasteiger partial charge >= 0.3 is 0 Å². The van der Waals surface area contributed by atoms with Crippen LogP contribution in [0.5, 0.6) is 0 Å². The molecule has 5 heteroatoms. The second-order valence-corrected chi connectivity index (χ2v) is 4.66. The van der Waals surface area contributed by atoms with Crippen molar-refractivity contribution in [1.29, 1.82) is 0 Å². The summed E-state index contributed by atoms with van der Waals surface area (Å²) >= 11 is 1.42. The predicted octanol–water partition coefficient (Wildman–Crippen LogP) is 3.56. The highest BCUT2D eigenvalue weighted by Gasteiger charge is 2.14. The number of aldehydes is 1. The van der Waals surface area contributed by atoms with E-state index in [0.29, 0.717) is 6.29 Å². The molecule has 0 amide bonds.